The Morgan fingerprint density at radius 3 is 2.31 bits per heavy atom. The zero-order valence-electron chi connectivity index (χ0n) is 21.5. The van der Waals surface area contributed by atoms with Gasteiger partial charge in [-0.25, -0.2) is 8.42 Å². The number of rotatable bonds is 10. The van der Waals surface area contributed by atoms with Gasteiger partial charge in [0.1, 0.15) is 5.54 Å². The second-order valence-electron chi connectivity index (χ2n) is 9.75. The molecule has 39 heavy (non-hydrogen) atoms. The van der Waals surface area contributed by atoms with Crippen molar-refractivity contribution in [2.75, 3.05) is 6.54 Å². The maximum absolute atomic E-state index is 13.8. The largest absolute Gasteiger partial charge is 0.511 e. The molecule has 0 spiro atoms. The number of carbonyl (C=O) groups is 1. The number of tetrazole rings is 1. The SMILES string of the molecule is CCCCN(Cc1ccc(-c2ccccc2-c2nn[nH]n2)cc1)C(=O)C1(NS(=O)(=O)C(F)(F)F)CCCCC1. The topological polar surface area (TPSA) is 121 Å². The predicted molar refractivity (Wildman–Crippen MR) is 139 cm³/mol. The molecule has 2 aromatic carbocycles. The van der Waals surface area contributed by atoms with Crippen LogP contribution in [0.1, 0.15) is 57.4 Å². The standard InChI is InChI=1S/C26H31F3N6O3S/c1-2-3-17-35(24(36)25(15-7-4-8-16-25)32-39(37,38)26(27,28)29)18-19-11-13-20(14-12-19)21-9-5-6-10-22(21)23-30-33-34-31-23/h5-6,9-14,32H,2-4,7-8,15-18H2,1H3,(H,30,31,33,34). The van der Waals surface area contributed by atoms with E-state index in [4.69, 9.17) is 0 Å². The Hall–Kier alpha value is -3.32. The minimum Gasteiger partial charge on any atom is -0.337 e. The molecule has 1 aliphatic carbocycles. The number of nitrogens with one attached hydrogen (secondary N) is 2. The highest BCUT2D eigenvalue weighted by atomic mass is 32.2. The van der Waals surface area contributed by atoms with Crippen molar-refractivity contribution < 1.29 is 26.4 Å². The van der Waals surface area contributed by atoms with Crippen LogP contribution in [0, 0.1) is 0 Å². The van der Waals surface area contributed by atoms with E-state index < -0.39 is 27.0 Å². The summed E-state index contributed by atoms with van der Waals surface area (Å²) in [5.74, 6) is -0.167. The lowest BCUT2D eigenvalue weighted by molar-refractivity contribution is -0.140. The summed E-state index contributed by atoms with van der Waals surface area (Å²) >= 11 is 0. The summed E-state index contributed by atoms with van der Waals surface area (Å²) in [5, 5.41) is 14.2. The summed E-state index contributed by atoms with van der Waals surface area (Å²) in [4.78, 5) is 15.3. The van der Waals surface area contributed by atoms with Gasteiger partial charge in [0.25, 0.3) is 0 Å². The van der Waals surface area contributed by atoms with Crippen LogP contribution in [0.4, 0.5) is 13.2 Å². The van der Waals surface area contributed by atoms with Crippen molar-refractivity contribution in [2.24, 2.45) is 0 Å². The van der Waals surface area contributed by atoms with Crippen LogP contribution in [-0.4, -0.2) is 57.4 Å². The number of hydrogen-bond acceptors (Lipinski definition) is 6. The van der Waals surface area contributed by atoms with Crippen molar-refractivity contribution in [3.8, 4) is 22.5 Å². The highest BCUT2D eigenvalue weighted by Crippen LogP contribution is 2.35. The monoisotopic (exact) mass is 564 g/mol. The Balaban J connectivity index is 1.60. The number of aromatic amines is 1. The van der Waals surface area contributed by atoms with E-state index in [2.05, 4.69) is 20.6 Å². The molecule has 3 aromatic rings. The second-order valence-corrected chi connectivity index (χ2v) is 11.4. The highest BCUT2D eigenvalue weighted by Gasteiger charge is 2.53. The van der Waals surface area contributed by atoms with Crippen LogP contribution in [0.5, 0.6) is 0 Å². The Labute approximate surface area is 225 Å². The van der Waals surface area contributed by atoms with Crippen LogP contribution in [-0.2, 0) is 21.4 Å². The van der Waals surface area contributed by atoms with Crippen molar-refractivity contribution in [1.82, 2.24) is 30.2 Å². The summed E-state index contributed by atoms with van der Waals surface area (Å²) in [5.41, 5.74) is -4.00. The number of carbonyl (C=O) groups excluding carboxylic acids is 1. The smallest absolute Gasteiger partial charge is 0.337 e. The summed E-state index contributed by atoms with van der Waals surface area (Å²) < 4.78 is 65.8. The molecular formula is C26H31F3N6O3S. The molecule has 4 rings (SSSR count). The number of H-pyrrole nitrogens is 1. The van der Waals surface area contributed by atoms with Crippen LogP contribution >= 0.6 is 0 Å². The molecule has 1 saturated carbocycles. The molecule has 0 aliphatic heterocycles. The van der Waals surface area contributed by atoms with Crippen molar-refractivity contribution in [3.63, 3.8) is 0 Å². The third-order valence-corrected chi connectivity index (χ3v) is 8.24. The van der Waals surface area contributed by atoms with E-state index in [-0.39, 0.29) is 19.4 Å². The second kappa shape index (κ2) is 11.8. The van der Waals surface area contributed by atoms with Gasteiger partial charge in [-0.3, -0.25) is 4.79 Å². The van der Waals surface area contributed by atoms with E-state index >= 15 is 0 Å². The predicted octanol–water partition coefficient (Wildman–Crippen LogP) is 4.80. The molecule has 0 bridgehead atoms. The number of aromatic nitrogens is 4. The van der Waals surface area contributed by atoms with Crippen LogP contribution in [0.25, 0.3) is 22.5 Å². The molecule has 9 nitrogen and oxygen atoms in total. The molecule has 2 N–H and O–H groups in total. The molecule has 1 amide bonds. The number of hydrogen-bond donors (Lipinski definition) is 2. The number of nitrogens with zero attached hydrogens (tertiary/aromatic N) is 4. The van der Waals surface area contributed by atoms with Gasteiger partial charge in [-0.1, -0.05) is 81.1 Å². The fourth-order valence-corrected chi connectivity index (χ4v) is 5.87. The summed E-state index contributed by atoms with van der Waals surface area (Å²) in [6, 6.07) is 15.0. The zero-order valence-corrected chi connectivity index (χ0v) is 22.4. The first kappa shape index (κ1) is 28.7. The van der Waals surface area contributed by atoms with Crippen LogP contribution < -0.4 is 4.72 Å². The highest BCUT2D eigenvalue weighted by molar-refractivity contribution is 7.90. The molecule has 1 aromatic heterocycles. The van der Waals surface area contributed by atoms with Gasteiger partial charge in [0, 0.05) is 18.7 Å². The lowest BCUT2D eigenvalue weighted by Crippen LogP contribution is -2.62. The normalized spacial score (nSPS) is 15.7. The van der Waals surface area contributed by atoms with E-state index in [1.807, 2.05) is 55.5 Å². The number of halogens is 3. The Kier molecular flexibility index (Phi) is 8.70. The third-order valence-electron chi connectivity index (χ3n) is 6.97. The van der Waals surface area contributed by atoms with E-state index in [0.29, 0.717) is 31.6 Å². The van der Waals surface area contributed by atoms with Crippen LogP contribution in [0.2, 0.25) is 0 Å². The van der Waals surface area contributed by atoms with E-state index in [1.165, 1.54) is 4.90 Å². The molecule has 0 saturated heterocycles. The number of amides is 1. The molecule has 0 radical (unpaired) electrons. The summed E-state index contributed by atoms with van der Waals surface area (Å²) in [6.45, 7) is 2.38. The Bertz CT molecular complexity index is 1360. The maximum Gasteiger partial charge on any atom is 0.511 e. The van der Waals surface area contributed by atoms with E-state index in [0.717, 1.165) is 35.1 Å². The number of benzene rings is 2. The van der Waals surface area contributed by atoms with Gasteiger partial charge >= 0.3 is 15.5 Å². The average molecular weight is 565 g/mol. The van der Waals surface area contributed by atoms with Crippen molar-refractivity contribution in [2.45, 2.75) is 69.5 Å². The van der Waals surface area contributed by atoms with Crippen molar-refractivity contribution in [3.05, 3.63) is 54.1 Å². The molecule has 0 unspecified atom stereocenters. The van der Waals surface area contributed by atoms with Gasteiger partial charge in [0.2, 0.25) is 11.7 Å². The first-order chi connectivity index (χ1) is 18.6. The first-order valence-electron chi connectivity index (χ1n) is 12.9. The third kappa shape index (κ3) is 6.47. The van der Waals surface area contributed by atoms with Gasteiger partial charge < -0.3 is 4.90 Å². The van der Waals surface area contributed by atoms with Crippen molar-refractivity contribution in [1.29, 1.82) is 0 Å². The molecular weight excluding hydrogens is 533 g/mol. The van der Waals surface area contributed by atoms with Crippen molar-refractivity contribution >= 4 is 15.9 Å². The molecule has 13 heteroatoms. The lowest BCUT2D eigenvalue weighted by Gasteiger charge is -2.40. The van der Waals surface area contributed by atoms with Crippen LogP contribution in [0.15, 0.2) is 48.5 Å². The van der Waals surface area contributed by atoms with Gasteiger partial charge in [-0.2, -0.15) is 23.1 Å². The summed E-state index contributed by atoms with van der Waals surface area (Å²) in [7, 11) is -5.70. The zero-order chi connectivity index (χ0) is 28.1. The van der Waals surface area contributed by atoms with Gasteiger partial charge in [-0.05, 0) is 41.2 Å². The fourth-order valence-electron chi connectivity index (χ4n) is 4.95. The van der Waals surface area contributed by atoms with E-state index in [9.17, 15) is 26.4 Å². The van der Waals surface area contributed by atoms with E-state index in [1.54, 1.807) is 4.72 Å². The molecule has 1 aliphatic rings. The fraction of sp³-hybridized carbons (Fsp3) is 0.462. The molecule has 0 atom stereocenters. The first-order valence-corrected chi connectivity index (χ1v) is 14.4. The average Bonchev–Trinajstić information content (AvgIpc) is 3.46. The molecule has 210 valence electrons. The maximum atomic E-state index is 13.8. The Morgan fingerprint density at radius 1 is 1.05 bits per heavy atom. The molecule has 1 heterocycles. The number of sulfonamides is 1. The van der Waals surface area contributed by atoms with Gasteiger partial charge in [0.05, 0.1) is 0 Å². The van der Waals surface area contributed by atoms with Gasteiger partial charge in [0.15, 0.2) is 0 Å². The number of unbranched alkanes of at least 4 members (excludes halogenated alkanes) is 1. The summed E-state index contributed by atoms with van der Waals surface area (Å²) in [6.07, 6.45) is 3.08. The molecule has 1 fully saturated rings. The minimum absolute atomic E-state index is 0.0234. The lowest BCUT2D eigenvalue weighted by atomic mass is 9.81. The Morgan fingerprint density at radius 2 is 1.72 bits per heavy atom. The quantitative estimate of drug-likeness (QED) is 0.365. The number of alkyl halides is 3. The van der Waals surface area contributed by atoms with Crippen LogP contribution in [0.3, 0.4) is 0 Å². The van der Waals surface area contributed by atoms with Gasteiger partial charge in [-0.15, -0.1) is 10.2 Å². The minimum atomic E-state index is -5.70.